The fourth-order valence-electron chi connectivity index (χ4n) is 3.69. The van der Waals surface area contributed by atoms with Crippen molar-refractivity contribution in [2.45, 2.75) is 37.2 Å². The van der Waals surface area contributed by atoms with Crippen molar-refractivity contribution in [1.82, 2.24) is 14.5 Å². The van der Waals surface area contributed by atoms with E-state index >= 15 is 0 Å². The quantitative estimate of drug-likeness (QED) is 0.355. The van der Waals surface area contributed by atoms with Gasteiger partial charge in [-0.1, -0.05) is 55.1 Å². The number of methoxy groups -OCH3 is 1. The SMILES string of the molecule is CC[C@@H](C(=O)Nc1ccccc1OC)n1c(SCc2ccccc2C)nc2ccncc21. The first-order chi connectivity index (χ1) is 15.6. The molecule has 1 atom stereocenters. The van der Waals surface area contributed by atoms with Crippen molar-refractivity contribution >= 4 is 34.4 Å². The van der Waals surface area contributed by atoms with Gasteiger partial charge in [0, 0.05) is 11.9 Å². The van der Waals surface area contributed by atoms with Crippen molar-refractivity contribution in [2.24, 2.45) is 0 Å². The van der Waals surface area contributed by atoms with Gasteiger partial charge in [0.15, 0.2) is 5.16 Å². The molecule has 4 aromatic rings. The van der Waals surface area contributed by atoms with Gasteiger partial charge in [-0.2, -0.15) is 0 Å². The van der Waals surface area contributed by atoms with Crippen LogP contribution in [0.5, 0.6) is 5.75 Å². The van der Waals surface area contributed by atoms with E-state index < -0.39 is 6.04 Å². The number of anilines is 1. The highest BCUT2D eigenvalue weighted by Crippen LogP contribution is 2.33. The Labute approximate surface area is 192 Å². The molecule has 164 valence electrons. The predicted octanol–water partition coefficient (Wildman–Crippen LogP) is 5.63. The van der Waals surface area contributed by atoms with E-state index in [9.17, 15) is 4.79 Å². The maximum absolute atomic E-state index is 13.4. The largest absolute Gasteiger partial charge is 0.495 e. The number of hydrogen-bond donors (Lipinski definition) is 1. The third kappa shape index (κ3) is 4.48. The van der Waals surface area contributed by atoms with Gasteiger partial charge in [0.05, 0.1) is 30.0 Å². The highest BCUT2D eigenvalue weighted by atomic mass is 32.2. The van der Waals surface area contributed by atoms with Crippen molar-refractivity contribution < 1.29 is 9.53 Å². The zero-order chi connectivity index (χ0) is 22.5. The molecule has 1 N–H and O–H groups in total. The number of pyridine rings is 1. The number of nitrogens with zero attached hydrogens (tertiary/aromatic N) is 3. The normalized spacial score (nSPS) is 12.0. The number of rotatable bonds is 8. The van der Waals surface area contributed by atoms with Crippen molar-refractivity contribution in [1.29, 1.82) is 0 Å². The summed E-state index contributed by atoms with van der Waals surface area (Å²) in [7, 11) is 1.59. The fraction of sp³-hybridized carbons (Fsp3) is 0.240. The Morgan fingerprint density at radius 2 is 1.94 bits per heavy atom. The van der Waals surface area contributed by atoms with Crippen LogP contribution in [0.3, 0.4) is 0 Å². The minimum absolute atomic E-state index is 0.113. The summed E-state index contributed by atoms with van der Waals surface area (Å²) in [6.07, 6.45) is 4.11. The zero-order valence-electron chi connectivity index (χ0n) is 18.4. The molecule has 0 radical (unpaired) electrons. The molecule has 32 heavy (non-hydrogen) atoms. The number of para-hydroxylation sites is 2. The first-order valence-corrected chi connectivity index (χ1v) is 11.5. The molecule has 0 aliphatic carbocycles. The second-order valence-corrected chi connectivity index (χ2v) is 8.40. The lowest BCUT2D eigenvalue weighted by Gasteiger charge is -2.20. The summed E-state index contributed by atoms with van der Waals surface area (Å²) in [5.74, 6) is 1.29. The molecule has 0 spiro atoms. The molecule has 0 fully saturated rings. The van der Waals surface area contributed by atoms with Crippen molar-refractivity contribution in [3.8, 4) is 5.75 Å². The van der Waals surface area contributed by atoms with Gasteiger partial charge in [0.25, 0.3) is 0 Å². The molecule has 4 rings (SSSR count). The highest BCUT2D eigenvalue weighted by molar-refractivity contribution is 7.98. The Kier molecular flexibility index (Phi) is 6.75. The molecule has 2 heterocycles. The Morgan fingerprint density at radius 3 is 2.72 bits per heavy atom. The van der Waals surface area contributed by atoms with Gasteiger partial charge in [-0.3, -0.25) is 9.78 Å². The number of fused-ring (bicyclic) bond motifs is 1. The van der Waals surface area contributed by atoms with E-state index in [2.05, 4.69) is 29.4 Å². The van der Waals surface area contributed by atoms with Crippen LogP contribution in [0.15, 0.2) is 72.1 Å². The van der Waals surface area contributed by atoms with Crippen LogP contribution in [0.1, 0.15) is 30.5 Å². The molecule has 2 aromatic carbocycles. The van der Waals surface area contributed by atoms with E-state index in [1.54, 1.807) is 31.3 Å². The topological polar surface area (TPSA) is 69.0 Å². The summed E-state index contributed by atoms with van der Waals surface area (Å²) in [6.45, 7) is 4.11. The van der Waals surface area contributed by atoms with Crippen LogP contribution in [0.4, 0.5) is 5.69 Å². The molecule has 0 saturated carbocycles. The van der Waals surface area contributed by atoms with Gasteiger partial charge in [0.2, 0.25) is 5.91 Å². The standard InChI is InChI=1S/C25H26N4O2S/c1-4-21(24(30)27-20-11-7-8-12-23(20)31-3)29-22-15-26-14-13-19(22)28-25(29)32-16-18-10-6-5-9-17(18)2/h5-15,21H,4,16H2,1-3H3,(H,27,30)/t21-/m0/s1. The number of imidazole rings is 1. The van der Waals surface area contributed by atoms with Gasteiger partial charge < -0.3 is 14.6 Å². The maximum Gasteiger partial charge on any atom is 0.247 e. The zero-order valence-corrected chi connectivity index (χ0v) is 19.2. The van der Waals surface area contributed by atoms with E-state index in [1.165, 1.54) is 11.1 Å². The second kappa shape index (κ2) is 9.87. The number of carbonyl (C=O) groups excluding carboxylic acids is 1. The van der Waals surface area contributed by atoms with Crippen LogP contribution in [-0.2, 0) is 10.5 Å². The van der Waals surface area contributed by atoms with Gasteiger partial charge in [-0.25, -0.2) is 4.98 Å². The number of carbonyl (C=O) groups is 1. The summed E-state index contributed by atoms with van der Waals surface area (Å²) in [4.78, 5) is 22.5. The molecule has 0 aliphatic heterocycles. The first kappa shape index (κ1) is 21.9. The number of amides is 1. The molecule has 6 nitrogen and oxygen atoms in total. The number of ether oxygens (including phenoxy) is 1. The third-order valence-electron chi connectivity index (χ3n) is 5.44. The number of aryl methyl sites for hydroxylation is 1. The summed E-state index contributed by atoms with van der Waals surface area (Å²) < 4.78 is 7.40. The Hall–Kier alpha value is -3.32. The van der Waals surface area contributed by atoms with Crippen molar-refractivity contribution in [2.75, 3.05) is 12.4 Å². The molecule has 0 bridgehead atoms. The summed E-state index contributed by atoms with van der Waals surface area (Å²) in [5.41, 5.74) is 4.82. The monoisotopic (exact) mass is 446 g/mol. The number of benzene rings is 2. The summed E-state index contributed by atoms with van der Waals surface area (Å²) in [5, 5.41) is 3.84. The average Bonchev–Trinajstić information content (AvgIpc) is 3.18. The van der Waals surface area contributed by atoms with Gasteiger partial charge in [0.1, 0.15) is 11.8 Å². The van der Waals surface area contributed by atoms with Crippen LogP contribution in [0.2, 0.25) is 0 Å². The molecule has 0 unspecified atom stereocenters. The third-order valence-corrected chi connectivity index (χ3v) is 6.44. The molecule has 2 aromatic heterocycles. The lowest BCUT2D eigenvalue weighted by atomic mass is 10.1. The van der Waals surface area contributed by atoms with Crippen molar-refractivity contribution in [3.05, 3.63) is 78.1 Å². The van der Waals surface area contributed by atoms with E-state index in [4.69, 9.17) is 9.72 Å². The predicted molar refractivity (Wildman–Crippen MR) is 129 cm³/mol. The van der Waals surface area contributed by atoms with Crippen LogP contribution in [0.25, 0.3) is 11.0 Å². The lowest BCUT2D eigenvalue weighted by Crippen LogP contribution is -2.26. The van der Waals surface area contributed by atoms with Gasteiger partial charge >= 0.3 is 0 Å². The Morgan fingerprint density at radius 1 is 1.16 bits per heavy atom. The molecule has 1 amide bonds. The van der Waals surface area contributed by atoms with Gasteiger partial charge in [-0.15, -0.1) is 0 Å². The van der Waals surface area contributed by atoms with E-state index in [0.717, 1.165) is 21.9 Å². The fourth-order valence-corrected chi connectivity index (χ4v) is 4.82. The molecular formula is C25H26N4O2S. The summed E-state index contributed by atoms with van der Waals surface area (Å²) in [6, 6.07) is 17.2. The lowest BCUT2D eigenvalue weighted by molar-refractivity contribution is -0.119. The minimum Gasteiger partial charge on any atom is -0.495 e. The molecule has 0 aliphatic rings. The number of aromatic nitrogens is 3. The minimum atomic E-state index is -0.437. The number of hydrogen-bond acceptors (Lipinski definition) is 5. The van der Waals surface area contributed by atoms with Crippen LogP contribution >= 0.6 is 11.8 Å². The Balaban J connectivity index is 1.68. The van der Waals surface area contributed by atoms with Crippen LogP contribution in [-0.4, -0.2) is 27.6 Å². The summed E-state index contributed by atoms with van der Waals surface area (Å²) >= 11 is 1.63. The van der Waals surface area contributed by atoms with Crippen LogP contribution < -0.4 is 10.1 Å². The average molecular weight is 447 g/mol. The first-order valence-electron chi connectivity index (χ1n) is 10.6. The van der Waals surface area contributed by atoms with E-state index in [1.807, 2.05) is 54.0 Å². The van der Waals surface area contributed by atoms with E-state index in [0.29, 0.717) is 17.9 Å². The number of thioether (sulfide) groups is 1. The maximum atomic E-state index is 13.4. The molecular weight excluding hydrogens is 420 g/mol. The smallest absolute Gasteiger partial charge is 0.247 e. The molecule has 0 saturated heterocycles. The molecule has 7 heteroatoms. The number of nitrogens with one attached hydrogen (secondary N) is 1. The van der Waals surface area contributed by atoms with Crippen molar-refractivity contribution in [3.63, 3.8) is 0 Å². The van der Waals surface area contributed by atoms with Crippen LogP contribution in [0, 0.1) is 6.92 Å². The van der Waals surface area contributed by atoms with Gasteiger partial charge in [-0.05, 0) is 42.7 Å². The Bertz CT molecular complexity index is 1240. The highest BCUT2D eigenvalue weighted by Gasteiger charge is 2.25. The van der Waals surface area contributed by atoms with E-state index in [-0.39, 0.29) is 5.91 Å². The second-order valence-electron chi connectivity index (χ2n) is 7.46.